The molecule has 0 aromatic carbocycles. The van der Waals surface area contributed by atoms with Crippen LogP contribution in [0.5, 0.6) is 0 Å². The molecule has 0 fully saturated rings. The maximum atomic E-state index is 8.52. The van der Waals surface area contributed by atoms with Gasteiger partial charge in [0.05, 0.1) is 0 Å². The van der Waals surface area contributed by atoms with E-state index in [0.717, 1.165) is 0 Å². The SMILES string of the molecule is O=S(=O)([O-])[O-].[Ar].[Mg+2]. The van der Waals surface area contributed by atoms with E-state index in [9.17, 15) is 0 Å². The van der Waals surface area contributed by atoms with Crippen LogP contribution in [-0.2, 0) is 10.4 Å². The van der Waals surface area contributed by atoms with E-state index in [-0.39, 0.29) is 60.8 Å². The van der Waals surface area contributed by atoms with E-state index in [1.54, 1.807) is 0 Å². The van der Waals surface area contributed by atoms with E-state index in [1.807, 2.05) is 0 Å². The minimum absolute atomic E-state index is 0. The molecule has 0 atom stereocenters. The molecule has 40 valence electrons. The molecule has 0 bridgehead atoms. The minimum Gasteiger partial charge on any atom is -0.759 e. The Kier molecular flexibility index (Phi) is 13.7. The Morgan fingerprint density at radius 2 is 1.14 bits per heavy atom. The van der Waals surface area contributed by atoms with Crippen molar-refractivity contribution in [1.82, 2.24) is 0 Å². The first kappa shape index (κ1) is 16.0. The van der Waals surface area contributed by atoms with Crippen LogP contribution in [0.2, 0.25) is 0 Å². The fourth-order valence-corrected chi connectivity index (χ4v) is 0. The predicted octanol–water partition coefficient (Wildman–Crippen LogP) is -1.72. The Bertz CT molecular complexity index is 94.9. The van der Waals surface area contributed by atoms with Gasteiger partial charge in [0.2, 0.25) is 0 Å². The molecular formula is ArMgO4S. The first-order valence-electron chi connectivity index (χ1n) is 0.667. The summed E-state index contributed by atoms with van der Waals surface area (Å²) in [7, 11) is -5.17. The third-order valence-electron chi connectivity index (χ3n) is 0. The number of rotatable bonds is 0. The Balaban J connectivity index is -0.0000000800. The van der Waals surface area contributed by atoms with Gasteiger partial charge < -0.3 is 9.11 Å². The average molecular weight is 160 g/mol. The van der Waals surface area contributed by atoms with Gasteiger partial charge in [0.15, 0.2) is 0 Å². The van der Waals surface area contributed by atoms with Crippen molar-refractivity contribution in [3.63, 3.8) is 0 Å². The van der Waals surface area contributed by atoms with E-state index >= 15 is 0 Å². The Morgan fingerprint density at radius 3 is 1.14 bits per heavy atom. The standard InChI is InChI=1S/Ar.Mg.H2O4S/c;;1-5(2,3)4/h;;(H2,1,2,3,4)/q;+2;/p-2. The van der Waals surface area contributed by atoms with Crippen molar-refractivity contribution >= 4 is 33.5 Å². The summed E-state index contributed by atoms with van der Waals surface area (Å²) in [6.45, 7) is 0. The van der Waals surface area contributed by atoms with Crippen LogP contribution in [0.3, 0.4) is 0 Å². The van der Waals surface area contributed by atoms with Crippen molar-refractivity contribution in [2.75, 3.05) is 0 Å². The van der Waals surface area contributed by atoms with Gasteiger partial charge in [-0.2, -0.15) is 0 Å². The molecule has 0 saturated carbocycles. The first-order valence-corrected chi connectivity index (χ1v) is 2.00. The summed E-state index contributed by atoms with van der Waals surface area (Å²) in [5, 5.41) is 0. The van der Waals surface area contributed by atoms with Crippen molar-refractivity contribution in [3.05, 3.63) is 0 Å². The summed E-state index contributed by atoms with van der Waals surface area (Å²) < 4.78 is 34.1. The number of hydrogen-bond acceptors (Lipinski definition) is 4. The summed E-state index contributed by atoms with van der Waals surface area (Å²) in [6.07, 6.45) is 0. The summed E-state index contributed by atoms with van der Waals surface area (Å²) in [4.78, 5) is 0. The van der Waals surface area contributed by atoms with Gasteiger partial charge in [0.1, 0.15) is 0 Å². The zero-order chi connectivity index (χ0) is 4.50. The smallest absolute Gasteiger partial charge is 0.759 e. The summed E-state index contributed by atoms with van der Waals surface area (Å²) in [5.41, 5.74) is 0. The maximum absolute atomic E-state index is 8.52. The number of hydrogen-bond donors (Lipinski definition) is 0. The zero-order valence-corrected chi connectivity index (χ0v) is 6.04. The monoisotopic (exact) mass is 160 g/mol. The summed E-state index contributed by atoms with van der Waals surface area (Å²) >= 11 is 0. The molecule has 0 spiro atoms. The van der Waals surface area contributed by atoms with Crippen LogP contribution in [0.15, 0.2) is 0 Å². The molecule has 0 amide bonds. The second-order valence-corrected chi connectivity index (χ2v) is 1.22. The van der Waals surface area contributed by atoms with Crippen LogP contribution in [-0.4, -0.2) is 40.6 Å². The third-order valence-corrected chi connectivity index (χ3v) is 0. The van der Waals surface area contributed by atoms with Gasteiger partial charge in [-0.25, -0.2) is 0 Å². The molecule has 0 aliphatic heterocycles. The first-order chi connectivity index (χ1) is 2.00. The zero-order valence-electron chi connectivity index (χ0n) is 3.10. The van der Waals surface area contributed by atoms with Crippen LogP contribution in [0, 0.1) is 37.7 Å². The fraction of sp³-hybridized carbons (Fsp3) is 0. The average Bonchev–Trinajstić information content (AvgIpc) is 0.722. The van der Waals surface area contributed by atoms with E-state index in [0.29, 0.717) is 0 Å². The second kappa shape index (κ2) is 6.02. The van der Waals surface area contributed by atoms with Gasteiger partial charge >= 0.3 is 23.1 Å². The van der Waals surface area contributed by atoms with Crippen LogP contribution in [0.25, 0.3) is 0 Å². The van der Waals surface area contributed by atoms with Gasteiger partial charge in [-0.05, 0) is 0 Å². The van der Waals surface area contributed by atoms with E-state index in [4.69, 9.17) is 17.5 Å². The molecule has 0 rings (SSSR count). The molecule has 7 heteroatoms. The van der Waals surface area contributed by atoms with Gasteiger partial charge in [-0.15, -0.1) is 0 Å². The van der Waals surface area contributed by atoms with Crippen molar-refractivity contribution in [3.8, 4) is 0 Å². The maximum Gasteiger partial charge on any atom is 2.00 e. The molecule has 0 unspecified atom stereocenters. The van der Waals surface area contributed by atoms with Crippen LogP contribution in [0.4, 0.5) is 0 Å². The van der Waals surface area contributed by atoms with Gasteiger partial charge in [-0.3, -0.25) is 8.42 Å². The molecule has 0 aliphatic rings. The summed E-state index contributed by atoms with van der Waals surface area (Å²) in [5.74, 6) is 0. The second-order valence-electron chi connectivity index (χ2n) is 0.408. The molecule has 0 N–H and O–H groups in total. The molecule has 0 saturated heterocycles. The normalized spacial score (nSPS) is 8.29. The molecule has 0 radical (unpaired) electrons. The van der Waals surface area contributed by atoms with Gasteiger partial charge in [0.25, 0.3) is 0 Å². The molecule has 0 aromatic rings. The van der Waals surface area contributed by atoms with Crippen LogP contribution < -0.4 is 0 Å². The molecular weight excluding hydrogens is 160 g/mol. The molecule has 0 aromatic heterocycles. The topological polar surface area (TPSA) is 80.3 Å². The largest absolute Gasteiger partial charge is 2.00 e. The van der Waals surface area contributed by atoms with Crippen LogP contribution in [0.1, 0.15) is 0 Å². The van der Waals surface area contributed by atoms with Gasteiger partial charge in [-0.1, -0.05) is 0 Å². The quantitative estimate of drug-likeness (QED) is 0.240. The Labute approximate surface area is 87.4 Å². The molecule has 4 nitrogen and oxygen atoms in total. The minimum atomic E-state index is -5.17. The van der Waals surface area contributed by atoms with Crippen molar-refractivity contribution < 1.29 is 55.3 Å². The van der Waals surface area contributed by atoms with Crippen molar-refractivity contribution in [2.45, 2.75) is 0 Å². The predicted molar refractivity (Wildman–Crippen MR) is 16.2 cm³/mol. The Hall–Kier alpha value is 1.90. The third kappa shape index (κ3) is 76.4. The fourth-order valence-electron chi connectivity index (χ4n) is 0. The van der Waals surface area contributed by atoms with E-state index < -0.39 is 10.4 Å². The molecule has 0 aliphatic carbocycles. The van der Waals surface area contributed by atoms with Gasteiger partial charge in [0, 0.05) is 48.1 Å². The molecule has 0 heterocycles. The van der Waals surface area contributed by atoms with E-state index in [2.05, 4.69) is 0 Å². The van der Waals surface area contributed by atoms with Crippen molar-refractivity contribution in [2.24, 2.45) is 0 Å². The summed E-state index contributed by atoms with van der Waals surface area (Å²) in [6, 6.07) is 0. The van der Waals surface area contributed by atoms with Crippen LogP contribution >= 0.6 is 0 Å². The van der Waals surface area contributed by atoms with Crippen molar-refractivity contribution in [1.29, 1.82) is 0 Å². The Morgan fingerprint density at radius 1 is 1.14 bits per heavy atom. The molecule has 7 heavy (non-hydrogen) atoms. The van der Waals surface area contributed by atoms with E-state index in [1.165, 1.54) is 0 Å².